The maximum atomic E-state index is 12.0. The summed E-state index contributed by atoms with van der Waals surface area (Å²) in [6, 6.07) is 10.5. The van der Waals surface area contributed by atoms with Gasteiger partial charge in [0.25, 0.3) is 0 Å². The van der Waals surface area contributed by atoms with E-state index in [9.17, 15) is 8.78 Å². The molecule has 0 aliphatic rings. The lowest BCUT2D eigenvalue weighted by atomic mass is 10.1. The lowest BCUT2D eigenvalue weighted by Crippen LogP contribution is -2.17. The molecule has 0 bridgehead atoms. The third kappa shape index (κ3) is 4.06. The first-order valence-electron chi connectivity index (χ1n) is 6.38. The van der Waals surface area contributed by atoms with Gasteiger partial charge in [0.2, 0.25) is 0 Å². The largest absolute Gasteiger partial charge is 0.465 e. The molecule has 1 heterocycles. The first kappa shape index (κ1) is 14.5. The van der Waals surface area contributed by atoms with Crippen LogP contribution < -0.4 is 10.1 Å². The number of alkyl halides is 2. The van der Waals surface area contributed by atoms with Gasteiger partial charge in [-0.2, -0.15) is 8.78 Å². The molecule has 0 aliphatic heterocycles. The summed E-state index contributed by atoms with van der Waals surface area (Å²) in [7, 11) is 0. The molecular weight excluding hydrogens is 264 g/mol. The molecule has 20 heavy (non-hydrogen) atoms. The van der Waals surface area contributed by atoms with E-state index >= 15 is 0 Å². The van der Waals surface area contributed by atoms with Crippen LogP contribution in [0.4, 0.5) is 8.78 Å². The fraction of sp³-hybridized carbons (Fsp3) is 0.333. The Bertz CT molecular complexity index is 537. The first-order valence-corrected chi connectivity index (χ1v) is 6.38. The molecule has 0 amide bonds. The van der Waals surface area contributed by atoms with Crippen molar-refractivity contribution in [2.75, 3.05) is 0 Å². The molecule has 1 N–H and O–H groups in total. The molecule has 1 aromatic heterocycles. The van der Waals surface area contributed by atoms with Crippen molar-refractivity contribution in [1.29, 1.82) is 0 Å². The van der Waals surface area contributed by atoms with Gasteiger partial charge in [0.15, 0.2) is 0 Å². The summed E-state index contributed by atoms with van der Waals surface area (Å²) in [5.41, 5.74) is 0.995. The topological polar surface area (TPSA) is 34.4 Å². The van der Waals surface area contributed by atoms with Crippen LogP contribution in [0.15, 0.2) is 40.8 Å². The van der Waals surface area contributed by atoms with Crippen LogP contribution in [-0.2, 0) is 6.54 Å². The summed E-state index contributed by atoms with van der Waals surface area (Å²) in [5.74, 6) is 1.91. The van der Waals surface area contributed by atoms with Gasteiger partial charge in [0.1, 0.15) is 17.3 Å². The highest BCUT2D eigenvalue weighted by Crippen LogP contribution is 2.19. The van der Waals surface area contributed by atoms with Gasteiger partial charge in [-0.1, -0.05) is 12.1 Å². The van der Waals surface area contributed by atoms with Crippen LogP contribution in [0.1, 0.15) is 30.0 Å². The van der Waals surface area contributed by atoms with Crippen LogP contribution in [0, 0.1) is 6.92 Å². The summed E-state index contributed by atoms with van der Waals surface area (Å²) in [6.07, 6.45) is 0. The lowest BCUT2D eigenvalue weighted by molar-refractivity contribution is -0.0498. The molecule has 0 radical (unpaired) electrons. The van der Waals surface area contributed by atoms with Crippen LogP contribution in [-0.4, -0.2) is 6.61 Å². The first-order chi connectivity index (χ1) is 9.54. The van der Waals surface area contributed by atoms with E-state index in [4.69, 9.17) is 4.42 Å². The highest BCUT2D eigenvalue weighted by Gasteiger charge is 2.08. The van der Waals surface area contributed by atoms with Crippen molar-refractivity contribution in [3.05, 3.63) is 53.5 Å². The van der Waals surface area contributed by atoms with Crippen LogP contribution in [0.5, 0.6) is 5.75 Å². The SMILES string of the molecule is Cc1ccc(CNC(C)c2ccc(OC(F)F)cc2)o1. The van der Waals surface area contributed by atoms with Gasteiger partial charge >= 0.3 is 6.61 Å². The van der Waals surface area contributed by atoms with Crippen LogP contribution in [0.3, 0.4) is 0 Å². The zero-order valence-electron chi connectivity index (χ0n) is 11.4. The Kier molecular flexibility index (Phi) is 4.74. The molecule has 2 rings (SSSR count). The Balaban J connectivity index is 1.90. The molecule has 0 fully saturated rings. The van der Waals surface area contributed by atoms with Crippen LogP contribution >= 0.6 is 0 Å². The smallest absolute Gasteiger partial charge is 0.387 e. The molecule has 0 saturated carbocycles. The molecular formula is C15H17F2NO2. The number of nitrogens with one attached hydrogen (secondary N) is 1. The zero-order valence-corrected chi connectivity index (χ0v) is 11.4. The molecule has 0 spiro atoms. The van der Waals surface area contributed by atoms with E-state index in [0.717, 1.165) is 17.1 Å². The number of rotatable bonds is 6. The Morgan fingerprint density at radius 3 is 2.40 bits per heavy atom. The summed E-state index contributed by atoms with van der Waals surface area (Å²) >= 11 is 0. The van der Waals surface area contributed by atoms with Gasteiger partial charge in [-0.15, -0.1) is 0 Å². The number of hydrogen-bond acceptors (Lipinski definition) is 3. The average molecular weight is 281 g/mol. The van der Waals surface area contributed by atoms with Crippen molar-refractivity contribution in [2.24, 2.45) is 0 Å². The van der Waals surface area contributed by atoms with Gasteiger partial charge in [-0.25, -0.2) is 0 Å². The highest BCUT2D eigenvalue weighted by atomic mass is 19.3. The minimum Gasteiger partial charge on any atom is -0.465 e. The van der Waals surface area contributed by atoms with Gasteiger partial charge in [-0.05, 0) is 43.7 Å². The van der Waals surface area contributed by atoms with Gasteiger partial charge in [0, 0.05) is 6.04 Å². The van der Waals surface area contributed by atoms with E-state index in [0.29, 0.717) is 6.54 Å². The Morgan fingerprint density at radius 2 is 1.85 bits per heavy atom. The van der Waals surface area contributed by atoms with Gasteiger partial charge < -0.3 is 14.5 Å². The minimum atomic E-state index is -2.79. The predicted octanol–water partition coefficient (Wildman–Crippen LogP) is 4.04. The minimum absolute atomic E-state index is 0.0843. The van der Waals surface area contributed by atoms with E-state index in [2.05, 4.69) is 10.1 Å². The predicted molar refractivity (Wildman–Crippen MR) is 71.8 cm³/mol. The molecule has 1 unspecified atom stereocenters. The normalized spacial score (nSPS) is 12.7. The molecule has 0 aliphatic carbocycles. The number of ether oxygens (including phenoxy) is 1. The monoisotopic (exact) mass is 281 g/mol. The Hall–Kier alpha value is -1.88. The molecule has 5 heteroatoms. The summed E-state index contributed by atoms with van der Waals surface area (Å²) in [4.78, 5) is 0. The van der Waals surface area contributed by atoms with E-state index < -0.39 is 6.61 Å². The van der Waals surface area contributed by atoms with Crippen molar-refractivity contribution in [2.45, 2.75) is 33.0 Å². The quantitative estimate of drug-likeness (QED) is 0.867. The standard InChI is InChI=1S/C15H17F2NO2/c1-10-3-6-14(19-10)9-18-11(2)12-4-7-13(8-5-12)20-15(16)17/h3-8,11,15,18H,9H2,1-2H3. The van der Waals surface area contributed by atoms with Crippen molar-refractivity contribution < 1.29 is 17.9 Å². The second kappa shape index (κ2) is 6.52. The Morgan fingerprint density at radius 1 is 1.15 bits per heavy atom. The van der Waals surface area contributed by atoms with Crippen LogP contribution in [0.25, 0.3) is 0 Å². The number of furan rings is 1. The summed E-state index contributed by atoms with van der Waals surface area (Å²) in [5, 5.41) is 3.31. The summed E-state index contributed by atoms with van der Waals surface area (Å²) < 4.78 is 33.9. The van der Waals surface area contributed by atoms with E-state index in [1.807, 2.05) is 26.0 Å². The molecule has 0 saturated heterocycles. The molecule has 3 nitrogen and oxygen atoms in total. The zero-order chi connectivity index (χ0) is 14.5. The number of aryl methyl sites for hydroxylation is 1. The van der Waals surface area contributed by atoms with Crippen LogP contribution in [0.2, 0.25) is 0 Å². The second-order valence-corrected chi connectivity index (χ2v) is 4.56. The number of halogens is 2. The number of benzene rings is 1. The highest BCUT2D eigenvalue weighted by molar-refractivity contribution is 5.29. The Labute approximate surface area is 116 Å². The number of hydrogen-bond donors (Lipinski definition) is 1. The van der Waals surface area contributed by atoms with Gasteiger partial charge in [-0.3, -0.25) is 0 Å². The van der Waals surface area contributed by atoms with Crippen molar-refractivity contribution in [3.8, 4) is 5.75 Å². The van der Waals surface area contributed by atoms with Crippen molar-refractivity contribution in [1.82, 2.24) is 5.32 Å². The summed E-state index contributed by atoms with van der Waals surface area (Å²) in [6.45, 7) is 1.72. The lowest BCUT2D eigenvalue weighted by Gasteiger charge is -2.14. The third-order valence-corrected chi connectivity index (χ3v) is 2.98. The van der Waals surface area contributed by atoms with Crippen molar-refractivity contribution >= 4 is 0 Å². The van der Waals surface area contributed by atoms with Crippen molar-refractivity contribution in [3.63, 3.8) is 0 Å². The maximum absolute atomic E-state index is 12.0. The molecule has 2 aromatic rings. The maximum Gasteiger partial charge on any atom is 0.387 e. The second-order valence-electron chi connectivity index (χ2n) is 4.56. The fourth-order valence-corrected chi connectivity index (χ4v) is 1.89. The molecule has 108 valence electrons. The molecule has 1 aromatic carbocycles. The van der Waals surface area contributed by atoms with E-state index in [1.165, 1.54) is 12.1 Å². The fourth-order valence-electron chi connectivity index (χ4n) is 1.89. The molecule has 1 atom stereocenters. The van der Waals surface area contributed by atoms with E-state index in [-0.39, 0.29) is 11.8 Å². The average Bonchev–Trinajstić information content (AvgIpc) is 2.82. The van der Waals surface area contributed by atoms with E-state index in [1.54, 1.807) is 12.1 Å². The van der Waals surface area contributed by atoms with Gasteiger partial charge in [0.05, 0.1) is 6.54 Å². The third-order valence-electron chi connectivity index (χ3n) is 2.98.